The van der Waals surface area contributed by atoms with Gasteiger partial charge in [0.05, 0.1) is 26.3 Å². The molecule has 1 aromatic heterocycles. The summed E-state index contributed by atoms with van der Waals surface area (Å²) in [6.07, 6.45) is 2.45. The van der Waals surface area contributed by atoms with Crippen LogP contribution < -0.4 is 14.8 Å². The number of anilines is 1. The molecule has 0 aliphatic rings. The van der Waals surface area contributed by atoms with Gasteiger partial charge in [-0.2, -0.15) is 0 Å². The van der Waals surface area contributed by atoms with E-state index in [9.17, 15) is 4.79 Å². The Labute approximate surface area is 169 Å². The van der Waals surface area contributed by atoms with Crippen LogP contribution in [0, 0.1) is 0 Å². The van der Waals surface area contributed by atoms with Crippen LogP contribution in [0.15, 0.2) is 47.8 Å². The van der Waals surface area contributed by atoms with Gasteiger partial charge < -0.3 is 14.8 Å². The van der Waals surface area contributed by atoms with E-state index >= 15 is 0 Å². The number of carbonyl (C=O) groups is 1. The molecular weight excluding hydrogens is 372 g/mol. The second kappa shape index (κ2) is 9.37. The highest BCUT2D eigenvalue weighted by Crippen LogP contribution is 2.28. The number of aromatic nitrogens is 1. The molecule has 1 amide bonds. The standard InChI is InChI=1S/C22H24N2O3S/c1-4-5-15-6-9-17(10-7-15)18-14-28-22(23-18)24-21(25)13-16-8-11-19(26-2)20(12-16)27-3/h6-12,14H,4-5,13H2,1-3H3,(H,23,24,25). The number of ether oxygens (including phenoxy) is 2. The van der Waals surface area contributed by atoms with Crippen molar-refractivity contribution in [3.63, 3.8) is 0 Å². The Kier molecular flexibility index (Phi) is 6.66. The maximum atomic E-state index is 12.4. The molecular formula is C22H24N2O3S. The molecule has 1 heterocycles. The van der Waals surface area contributed by atoms with Crippen molar-refractivity contribution in [2.24, 2.45) is 0 Å². The van der Waals surface area contributed by atoms with Crippen LogP contribution in [0.2, 0.25) is 0 Å². The van der Waals surface area contributed by atoms with Crippen LogP contribution in [0.4, 0.5) is 5.13 Å². The highest BCUT2D eigenvalue weighted by molar-refractivity contribution is 7.14. The molecule has 146 valence electrons. The Balaban J connectivity index is 1.64. The van der Waals surface area contributed by atoms with Crippen LogP contribution in [-0.4, -0.2) is 25.1 Å². The van der Waals surface area contributed by atoms with E-state index in [1.54, 1.807) is 20.3 Å². The largest absolute Gasteiger partial charge is 0.493 e. The summed E-state index contributed by atoms with van der Waals surface area (Å²) < 4.78 is 10.5. The van der Waals surface area contributed by atoms with Crippen molar-refractivity contribution in [1.82, 2.24) is 4.98 Å². The minimum absolute atomic E-state index is 0.119. The maximum absolute atomic E-state index is 12.4. The Morgan fingerprint density at radius 2 is 1.75 bits per heavy atom. The summed E-state index contributed by atoms with van der Waals surface area (Å²) in [5.41, 5.74) is 4.09. The smallest absolute Gasteiger partial charge is 0.230 e. The quantitative estimate of drug-likeness (QED) is 0.584. The van der Waals surface area contributed by atoms with E-state index in [4.69, 9.17) is 9.47 Å². The first-order valence-electron chi connectivity index (χ1n) is 9.18. The molecule has 0 aliphatic heterocycles. The summed E-state index contributed by atoms with van der Waals surface area (Å²) in [5.74, 6) is 1.13. The van der Waals surface area contributed by atoms with E-state index in [1.807, 2.05) is 17.5 Å². The Hall–Kier alpha value is -2.86. The van der Waals surface area contributed by atoms with E-state index in [2.05, 4.69) is 41.5 Å². The molecule has 0 radical (unpaired) electrons. The fourth-order valence-corrected chi connectivity index (χ4v) is 3.67. The number of nitrogens with zero attached hydrogens (tertiary/aromatic N) is 1. The number of nitrogens with one attached hydrogen (secondary N) is 1. The second-order valence-corrected chi connectivity index (χ2v) is 7.26. The van der Waals surface area contributed by atoms with Gasteiger partial charge in [0.2, 0.25) is 5.91 Å². The highest BCUT2D eigenvalue weighted by atomic mass is 32.1. The van der Waals surface area contributed by atoms with Gasteiger partial charge in [0, 0.05) is 10.9 Å². The van der Waals surface area contributed by atoms with E-state index in [-0.39, 0.29) is 12.3 Å². The van der Waals surface area contributed by atoms with Gasteiger partial charge >= 0.3 is 0 Å². The van der Waals surface area contributed by atoms with Gasteiger partial charge in [0.1, 0.15) is 0 Å². The number of benzene rings is 2. The zero-order valence-electron chi connectivity index (χ0n) is 16.3. The number of aryl methyl sites for hydroxylation is 1. The molecule has 0 bridgehead atoms. The summed E-state index contributed by atoms with van der Waals surface area (Å²) in [7, 11) is 3.16. The van der Waals surface area contributed by atoms with Crippen LogP contribution in [0.3, 0.4) is 0 Å². The predicted octanol–water partition coefficient (Wildman–Crippen LogP) is 4.96. The van der Waals surface area contributed by atoms with E-state index in [1.165, 1.54) is 16.9 Å². The van der Waals surface area contributed by atoms with Crippen LogP contribution in [0.1, 0.15) is 24.5 Å². The van der Waals surface area contributed by atoms with Gasteiger partial charge in [-0.05, 0) is 29.7 Å². The minimum atomic E-state index is -0.119. The van der Waals surface area contributed by atoms with Crippen molar-refractivity contribution < 1.29 is 14.3 Å². The molecule has 0 saturated heterocycles. The average Bonchev–Trinajstić information content (AvgIpc) is 3.17. The van der Waals surface area contributed by atoms with Gasteiger partial charge in [-0.15, -0.1) is 11.3 Å². The van der Waals surface area contributed by atoms with Gasteiger partial charge in [-0.25, -0.2) is 4.98 Å². The lowest BCUT2D eigenvalue weighted by molar-refractivity contribution is -0.115. The first kappa shape index (κ1) is 19.9. The summed E-state index contributed by atoms with van der Waals surface area (Å²) in [6, 6.07) is 13.9. The van der Waals surface area contributed by atoms with Crippen LogP contribution in [0.5, 0.6) is 11.5 Å². The van der Waals surface area contributed by atoms with Crippen molar-refractivity contribution in [2.45, 2.75) is 26.2 Å². The molecule has 0 fully saturated rings. The van der Waals surface area contributed by atoms with Gasteiger partial charge in [-0.1, -0.05) is 43.7 Å². The van der Waals surface area contributed by atoms with Crippen molar-refractivity contribution >= 4 is 22.4 Å². The van der Waals surface area contributed by atoms with Gasteiger partial charge in [0.25, 0.3) is 0 Å². The predicted molar refractivity (Wildman–Crippen MR) is 113 cm³/mol. The molecule has 0 aliphatic carbocycles. The molecule has 1 N–H and O–H groups in total. The average molecular weight is 397 g/mol. The van der Waals surface area contributed by atoms with Gasteiger partial charge in [-0.3, -0.25) is 4.79 Å². The number of carbonyl (C=O) groups excluding carboxylic acids is 1. The number of hydrogen-bond acceptors (Lipinski definition) is 5. The lowest BCUT2D eigenvalue weighted by Gasteiger charge is -2.09. The van der Waals surface area contributed by atoms with E-state index in [0.29, 0.717) is 16.6 Å². The highest BCUT2D eigenvalue weighted by Gasteiger charge is 2.11. The summed E-state index contributed by atoms with van der Waals surface area (Å²) in [6.45, 7) is 2.17. The summed E-state index contributed by atoms with van der Waals surface area (Å²) in [4.78, 5) is 16.9. The van der Waals surface area contributed by atoms with Crippen molar-refractivity contribution in [1.29, 1.82) is 0 Å². The SMILES string of the molecule is CCCc1ccc(-c2csc(NC(=O)Cc3ccc(OC)c(OC)c3)n2)cc1. The number of amides is 1. The lowest BCUT2D eigenvalue weighted by Crippen LogP contribution is -2.14. The zero-order chi connectivity index (χ0) is 19.9. The van der Waals surface area contributed by atoms with E-state index < -0.39 is 0 Å². The van der Waals surface area contributed by atoms with Crippen molar-refractivity contribution in [3.05, 3.63) is 59.0 Å². The third-order valence-corrected chi connectivity index (χ3v) is 5.11. The molecule has 0 saturated carbocycles. The molecule has 3 aromatic rings. The molecule has 0 spiro atoms. The van der Waals surface area contributed by atoms with Crippen LogP contribution in [-0.2, 0) is 17.6 Å². The van der Waals surface area contributed by atoms with E-state index in [0.717, 1.165) is 29.7 Å². The number of hydrogen-bond donors (Lipinski definition) is 1. The summed E-state index contributed by atoms with van der Waals surface area (Å²) >= 11 is 1.42. The molecule has 6 heteroatoms. The van der Waals surface area contributed by atoms with Crippen LogP contribution >= 0.6 is 11.3 Å². The molecule has 3 rings (SSSR count). The monoisotopic (exact) mass is 396 g/mol. The Morgan fingerprint density at radius 3 is 2.43 bits per heavy atom. The zero-order valence-corrected chi connectivity index (χ0v) is 17.1. The second-order valence-electron chi connectivity index (χ2n) is 6.40. The summed E-state index contributed by atoms with van der Waals surface area (Å²) in [5, 5.41) is 5.43. The topological polar surface area (TPSA) is 60.5 Å². The van der Waals surface area contributed by atoms with Crippen LogP contribution in [0.25, 0.3) is 11.3 Å². The van der Waals surface area contributed by atoms with Crippen molar-refractivity contribution in [3.8, 4) is 22.8 Å². The van der Waals surface area contributed by atoms with Gasteiger partial charge in [0.15, 0.2) is 16.6 Å². The number of rotatable bonds is 8. The molecule has 28 heavy (non-hydrogen) atoms. The molecule has 0 unspecified atom stereocenters. The first-order chi connectivity index (χ1) is 13.6. The fourth-order valence-electron chi connectivity index (χ4n) is 2.93. The number of methoxy groups -OCH3 is 2. The Morgan fingerprint density at radius 1 is 1.04 bits per heavy atom. The molecule has 2 aromatic carbocycles. The van der Waals surface area contributed by atoms with Crippen molar-refractivity contribution in [2.75, 3.05) is 19.5 Å². The normalized spacial score (nSPS) is 10.5. The number of thiazole rings is 1. The molecule has 0 atom stereocenters. The Bertz CT molecular complexity index is 935. The third kappa shape index (κ3) is 4.89. The minimum Gasteiger partial charge on any atom is -0.493 e. The third-order valence-electron chi connectivity index (χ3n) is 4.35. The lowest BCUT2D eigenvalue weighted by atomic mass is 10.1. The first-order valence-corrected chi connectivity index (χ1v) is 10.1. The maximum Gasteiger partial charge on any atom is 0.230 e. The fraction of sp³-hybridized carbons (Fsp3) is 0.273. The molecule has 5 nitrogen and oxygen atoms in total.